The first-order valence-corrected chi connectivity index (χ1v) is 6.36. The van der Waals surface area contributed by atoms with Crippen molar-refractivity contribution in [2.75, 3.05) is 7.05 Å². The Bertz CT molecular complexity index is 417. The Balaban J connectivity index is 2.94. The first kappa shape index (κ1) is 14.7. The lowest BCUT2D eigenvalue weighted by atomic mass is 9.99. The van der Waals surface area contributed by atoms with Gasteiger partial charge in [0.15, 0.2) is 0 Å². The molecule has 0 aliphatic heterocycles. The zero-order valence-electron chi connectivity index (χ0n) is 11.9. The number of hydrogen-bond donors (Lipinski definition) is 1. The van der Waals surface area contributed by atoms with Crippen LogP contribution in [0.2, 0.25) is 0 Å². The number of rotatable bonds is 5. The monoisotopic (exact) mass is 249 g/mol. The largest absolute Gasteiger partial charge is 0.480 e. The molecule has 0 radical (unpaired) electrons. The Labute approximate surface area is 109 Å². The molecule has 0 heterocycles. The molecule has 1 aromatic rings. The van der Waals surface area contributed by atoms with Gasteiger partial charge in [0.25, 0.3) is 0 Å². The number of carbonyl (C=O) groups is 1. The molecule has 1 unspecified atom stereocenters. The van der Waals surface area contributed by atoms with Crippen LogP contribution >= 0.6 is 0 Å². The molecule has 1 atom stereocenters. The molecule has 0 saturated carbocycles. The fraction of sp³-hybridized carbons (Fsp3) is 0.533. The van der Waals surface area contributed by atoms with Crippen molar-refractivity contribution in [3.8, 4) is 0 Å². The summed E-state index contributed by atoms with van der Waals surface area (Å²) in [5, 5.41) is 9.16. The van der Waals surface area contributed by atoms with Crippen molar-refractivity contribution in [2.24, 2.45) is 0 Å². The van der Waals surface area contributed by atoms with Gasteiger partial charge in [0.2, 0.25) is 0 Å². The van der Waals surface area contributed by atoms with Crippen molar-refractivity contribution >= 4 is 5.97 Å². The average Bonchev–Trinajstić information content (AvgIpc) is 2.23. The summed E-state index contributed by atoms with van der Waals surface area (Å²) in [4.78, 5) is 13.1. The number of carboxylic acid groups (broad SMARTS) is 1. The Kier molecular flexibility index (Phi) is 4.91. The van der Waals surface area contributed by atoms with Gasteiger partial charge in [-0.15, -0.1) is 0 Å². The van der Waals surface area contributed by atoms with Crippen LogP contribution in [0.1, 0.15) is 35.6 Å². The van der Waals surface area contributed by atoms with Gasteiger partial charge in [-0.05, 0) is 50.9 Å². The van der Waals surface area contributed by atoms with Crippen LogP contribution in [0.3, 0.4) is 0 Å². The van der Waals surface area contributed by atoms with E-state index in [0.29, 0.717) is 13.0 Å². The Hall–Kier alpha value is -1.35. The Morgan fingerprint density at radius 3 is 2.17 bits per heavy atom. The van der Waals surface area contributed by atoms with Crippen LogP contribution in [-0.2, 0) is 11.3 Å². The maximum Gasteiger partial charge on any atom is 0.320 e. The second kappa shape index (κ2) is 6.01. The molecule has 18 heavy (non-hydrogen) atoms. The summed E-state index contributed by atoms with van der Waals surface area (Å²) >= 11 is 0. The number of benzene rings is 1. The van der Waals surface area contributed by atoms with Gasteiger partial charge in [-0.1, -0.05) is 24.6 Å². The quantitative estimate of drug-likeness (QED) is 0.872. The van der Waals surface area contributed by atoms with Gasteiger partial charge in [-0.3, -0.25) is 9.69 Å². The molecule has 0 amide bonds. The van der Waals surface area contributed by atoms with Crippen molar-refractivity contribution in [3.63, 3.8) is 0 Å². The third-order valence-corrected chi connectivity index (χ3v) is 3.45. The molecule has 0 spiro atoms. The summed E-state index contributed by atoms with van der Waals surface area (Å²) in [6.45, 7) is 8.85. The van der Waals surface area contributed by atoms with E-state index in [4.69, 9.17) is 5.11 Å². The van der Waals surface area contributed by atoms with Crippen molar-refractivity contribution < 1.29 is 9.90 Å². The summed E-state index contributed by atoms with van der Waals surface area (Å²) in [6.07, 6.45) is 0.621. The van der Waals surface area contributed by atoms with Gasteiger partial charge in [0.1, 0.15) is 6.04 Å². The molecular weight excluding hydrogens is 226 g/mol. The minimum Gasteiger partial charge on any atom is -0.480 e. The van der Waals surface area contributed by atoms with E-state index in [1.54, 1.807) is 0 Å². The molecule has 1 N–H and O–H groups in total. The fourth-order valence-corrected chi connectivity index (χ4v) is 2.49. The van der Waals surface area contributed by atoms with Crippen molar-refractivity contribution in [2.45, 2.75) is 46.7 Å². The predicted octanol–water partition coefficient (Wildman–Crippen LogP) is 2.91. The standard InChI is InChI=1S/C15H23NO2/c1-6-14(15(17)18)16(5)9-13-11(3)7-10(2)8-12(13)4/h7-8,14H,6,9H2,1-5H3,(H,17,18). The minimum absolute atomic E-state index is 0.412. The molecule has 100 valence electrons. The average molecular weight is 249 g/mol. The zero-order valence-corrected chi connectivity index (χ0v) is 11.9. The lowest BCUT2D eigenvalue weighted by Crippen LogP contribution is -2.37. The number of hydrogen-bond acceptors (Lipinski definition) is 2. The number of nitrogens with zero attached hydrogens (tertiary/aromatic N) is 1. The first-order valence-electron chi connectivity index (χ1n) is 6.36. The van der Waals surface area contributed by atoms with Gasteiger partial charge in [-0.2, -0.15) is 0 Å². The van der Waals surface area contributed by atoms with E-state index in [-0.39, 0.29) is 0 Å². The van der Waals surface area contributed by atoms with Crippen LogP contribution in [0, 0.1) is 20.8 Å². The SMILES string of the molecule is CCC(C(=O)O)N(C)Cc1c(C)cc(C)cc1C. The van der Waals surface area contributed by atoms with Gasteiger partial charge in [0.05, 0.1) is 0 Å². The van der Waals surface area contributed by atoms with Crippen molar-refractivity contribution in [1.29, 1.82) is 0 Å². The summed E-state index contributed by atoms with van der Waals surface area (Å²) < 4.78 is 0. The fourth-order valence-electron chi connectivity index (χ4n) is 2.49. The Morgan fingerprint density at radius 2 is 1.78 bits per heavy atom. The van der Waals surface area contributed by atoms with Crippen molar-refractivity contribution in [3.05, 3.63) is 34.4 Å². The molecule has 0 aliphatic carbocycles. The maximum absolute atomic E-state index is 11.1. The second-order valence-corrected chi connectivity index (χ2v) is 5.05. The summed E-state index contributed by atoms with van der Waals surface area (Å²) in [6, 6.07) is 3.89. The molecule has 0 bridgehead atoms. The smallest absolute Gasteiger partial charge is 0.320 e. The summed E-state index contributed by atoms with van der Waals surface area (Å²) in [5.74, 6) is -0.748. The van der Waals surface area contributed by atoms with Crippen molar-refractivity contribution in [1.82, 2.24) is 4.90 Å². The zero-order chi connectivity index (χ0) is 13.9. The van der Waals surface area contributed by atoms with Crippen LogP contribution in [0.15, 0.2) is 12.1 Å². The highest BCUT2D eigenvalue weighted by molar-refractivity contribution is 5.73. The Morgan fingerprint density at radius 1 is 1.28 bits per heavy atom. The van der Waals surface area contributed by atoms with Gasteiger partial charge in [-0.25, -0.2) is 0 Å². The maximum atomic E-state index is 11.1. The summed E-state index contributed by atoms with van der Waals surface area (Å²) in [5.41, 5.74) is 4.96. The molecule has 0 saturated heterocycles. The number of aliphatic carboxylic acids is 1. The minimum atomic E-state index is -0.748. The number of aryl methyl sites for hydroxylation is 3. The van der Waals surface area contributed by atoms with E-state index in [1.807, 2.05) is 18.9 Å². The van der Waals surface area contributed by atoms with Crippen LogP contribution in [0.25, 0.3) is 0 Å². The molecular formula is C15H23NO2. The molecule has 0 aromatic heterocycles. The van der Waals surface area contributed by atoms with Crippen LogP contribution in [-0.4, -0.2) is 29.1 Å². The van der Waals surface area contributed by atoms with E-state index in [9.17, 15) is 4.79 Å². The first-order chi connectivity index (χ1) is 8.36. The number of carboxylic acids is 1. The number of likely N-dealkylation sites (N-methyl/N-ethyl adjacent to an activating group) is 1. The predicted molar refractivity (Wildman–Crippen MR) is 73.8 cm³/mol. The van der Waals surface area contributed by atoms with Gasteiger partial charge >= 0.3 is 5.97 Å². The molecule has 0 aliphatic rings. The normalized spacial score (nSPS) is 12.8. The molecule has 3 heteroatoms. The lowest BCUT2D eigenvalue weighted by molar-refractivity contribution is -0.143. The second-order valence-electron chi connectivity index (χ2n) is 5.05. The topological polar surface area (TPSA) is 40.5 Å². The third-order valence-electron chi connectivity index (χ3n) is 3.45. The van der Waals surface area contributed by atoms with Crippen LogP contribution < -0.4 is 0 Å². The van der Waals surface area contributed by atoms with Crippen LogP contribution in [0.4, 0.5) is 0 Å². The highest BCUT2D eigenvalue weighted by atomic mass is 16.4. The molecule has 1 aromatic carbocycles. The lowest BCUT2D eigenvalue weighted by Gasteiger charge is -2.25. The van der Waals surface area contributed by atoms with Gasteiger partial charge < -0.3 is 5.11 Å². The van der Waals surface area contributed by atoms with E-state index >= 15 is 0 Å². The van der Waals surface area contributed by atoms with E-state index < -0.39 is 12.0 Å². The highest BCUT2D eigenvalue weighted by Gasteiger charge is 2.21. The van der Waals surface area contributed by atoms with E-state index in [0.717, 1.165) is 0 Å². The van der Waals surface area contributed by atoms with Gasteiger partial charge in [0, 0.05) is 6.54 Å². The third kappa shape index (κ3) is 3.33. The molecule has 3 nitrogen and oxygen atoms in total. The summed E-state index contributed by atoms with van der Waals surface area (Å²) in [7, 11) is 1.88. The molecule has 0 fully saturated rings. The molecule has 1 rings (SSSR count). The van der Waals surface area contributed by atoms with E-state index in [2.05, 4.69) is 32.9 Å². The van der Waals surface area contributed by atoms with E-state index in [1.165, 1.54) is 22.3 Å². The highest BCUT2D eigenvalue weighted by Crippen LogP contribution is 2.19. The van der Waals surface area contributed by atoms with Crippen LogP contribution in [0.5, 0.6) is 0 Å².